The first-order valence-electron chi connectivity index (χ1n) is 7.45. The molecule has 4 heteroatoms. The van der Waals surface area contributed by atoms with Gasteiger partial charge in [-0.05, 0) is 37.9 Å². The zero-order chi connectivity index (χ0) is 14.2. The highest BCUT2D eigenvalue weighted by Crippen LogP contribution is 2.12. The number of rotatable bonds is 5. The van der Waals surface area contributed by atoms with Crippen LogP contribution in [0.3, 0.4) is 0 Å². The second-order valence-corrected chi connectivity index (χ2v) is 5.53. The first-order chi connectivity index (χ1) is 9.78. The van der Waals surface area contributed by atoms with Crippen molar-refractivity contribution in [1.82, 2.24) is 15.5 Å². The van der Waals surface area contributed by atoms with Crippen molar-refractivity contribution in [1.29, 1.82) is 0 Å². The summed E-state index contributed by atoms with van der Waals surface area (Å²) >= 11 is 0. The van der Waals surface area contributed by atoms with Crippen molar-refractivity contribution in [3.8, 4) is 0 Å². The summed E-state index contributed by atoms with van der Waals surface area (Å²) in [6, 6.07) is 10.5. The first-order valence-corrected chi connectivity index (χ1v) is 7.45. The monoisotopic (exact) mass is 274 g/mol. The molecule has 2 rings (SSSR count). The number of likely N-dealkylation sites (tertiary alicyclic amines) is 1. The lowest BCUT2D eigenvalue weighted by Gasteiger charge is -2.15. The zero-order valence-electron chi connectivity index (χ0n) is 12.6. The molecule has 1 fully saturated rings. The number of hydrogen-bond donors (Lipinski definition) is 2. The molecular formula is C16H26N4. The van der Waals surface area contributed by atoms with Gasteiger partial charge in [-0.15, -0.1) is 0 Å². The van der Waals surface area contributed by atoms with Gasteiger partial charge in [-0.3, -0.25) is 4.99 Å². The van der Waals surface area contributed by atoms with E-state index in [4.69, 9.17) is 0 Å². The molecule has 1 saturated heterocycles. The molecule has 1 aliphatic heterocycles. The van der Waals surface area contributed by atoms with Crippen molar-refractivity contribution in [3.63, 3.8) is 0 Å². The minimum atomic E-state index is 0.743. The van der Waals surface area contributed by atoms with Crippen LogP contribution >= 0.6 is 0 Å². The fraction of sp³-hybridized carbons (Fsp3) is 0.562. The maximum Gasteiger partial charge on any atom is 0.190 e. The van der Waals surface area contributed by atoms with Crippen LogP contribution in [0.15, 0.2) is 35.3 Å². The third kappa shape index (κ3) is 4.85. The van der Waals surface area contributed by atoms with Gasteiger partial charge < -0.3 is 15.5 Å². The van der Waals surface area contributed by atoms with Crippen LogP contribution in [-0.4, -0.2) is 51.1 Å². The maximum absolute atomic E-state index is 4.28. The Morgan fingerprint density at radius 2 is 2.10 bits per heavy atom. The molecule has 0 aromatic heterocycles. The van der Waals surface area contributed by atoms with Gasteiger partial charge in [0.25, 0.3) is 0 Å². The summed E-state index contributed by atoms with van der Waals surface area (Å²) in [4.78, 5) is 6.67. The molecule has 0 radical (unpaired) electrons. The summed E-state index contributed by atoms with van der Waals surface area (Å²) in [5.41, 5.74) is 1.35. The van der Waals surface area contributed by atoms with Crippen molar-refractivity contribution in [2.75, 3.05) is 40.3 Å². The Bertz CT molecular complexity index is 416. The van der Waals surface area contributed by atoms with Crippen LogP contribution in [0, 0.1) is 5.92 Å². The Kier molecular flexibility index (Phi) is 5.87. The largest absolute Gasteiger partial charge is 0.356 e. The number of guanidine groups is 1. The number of aliphatic imine (C=N–C) groups is 1. The molecule has 1 heterocycles. The first kappa shape index (κ1) is 14.9. The van der Waals surface area contributed by atoms with E-state index in [1.165, 1.54) is 25.1 Å². The van der Waals surface area contributed by atoms with E-state index in [0.717, 1.165) is 31.4 Å². The zero-order valence-corrected chi connectivity index (χ0v) is 12.6. The summed E-state index contributed by atoms with van der Waals surface area (Å²) in [5.74, 6) is 1.66. The Hall–Kier alpha value is -1.55. The molecule has 1 aromatic carbocycles. The minimum Gasteiger partial charge on any atom is -0.356 e. The van der Waals surface area contributed by atoms with Gasteiger partial charge in [-0.2, -0.15) is 0 Å². The van der Waals surface area contributed by atoms with Crippen molar-refractivity contribution >= 4 is 5.96 Å². The van der Waals surface area contributed by atoms with Crippen molar-refractivity contribution in [3.05, 3.63) is 35.9 Å². The fourth-order valence-electron chi connectivity index (χ4n) is 2.62. The highest BCUT2D eigenvalue weighted by atomic mass is 15.2. The van der Waals surface area contributed by atoms with Crippen LogP contribution in [0.4, 0.5) is 0 Å². The summed E-state index contributed by atoms with van der Waals surface area (Å²) in [6.07, 6.45) is 2.30. The van der Waals surface area contributed by atoms with E-state index in [0.29, 0.717) is 0 Å². The van der Waals surface area contributed by atoms with E-state index in [1.807, 2.05) is 7.05 Å². The average Bonchev–Trinajstić information content (AvgIpc) is 2.89. The van der Waals surface area contributed by atoms with E-state index in [2.05, 4.69) is 57.9 Å². The lowest BCUT2D eigenvalue weighted by Crippen LogP contribution is -2.41. The Labute approximate surface area is 122 Å². The average molecular weight is 274 g/mol. The Morgan fingerprint density at radius 3 is 2.75 bits per heavy atom. The summed E-state index contributed by atoms with van der Waals surface area (Å²) in [7, 11) is 4.02. The molecule has 20 heavy (non-hydrogen) atoms. The smallest absolute Gasteiger partial charge is 0.190 e. The molecule has 0 amide bonds. The van der Waals surface area contributed by atoms with E-state index in [-0.39, 0.29) is 0 Å². The molecular weight excluding hydrogens is 248 g/mol. The third-order valence-electron chi connectivity index (χ3n) is 3.82. The Balaban J connectivity index is 1.65. The van der Waals surface area contributed by atoms with Crippen LogP contribution in [0.2, 0.25) is 0 Å². The highest BCUT2D eigenvalue weighted by Gasteiger charge is 2.19. The predicted octanol–water partition coefficient (Wildman–Crippen LogP) is 1.35. The van der Waals surface area contributed by atoms with Gasteiger partial charge in [0, 0.05) is 26.7 Å². The molecule has 0 aliphatic carbocycles. The van der Waals surface area contributed by atoms with E-state index in [1.54, 1.807) is 0 Å². The van der Waals surface area contributed by atoms with Crippen LogP contribution in [0.5, 0.6) is 0 Å². The third-order valence-corrected chi connectivity index (χ3v) is 3.82. The summed E-state index contributed by atoms with van der Waals surface area (Å²) in [5, 5.41) is 6.81. The normalized spacial score (nSPS) is 20.1. The van der Waals surface area contributed by atoms with Gasteiger partial charge >= 0.3 is 0 Å². The Morgan fingerprint density at radius 1 is 1.30 bits per heavy atom. The van der Waals surface area contributed by atoms with Crippen molar-refractivity contribution < 1.29 is 0 Å². The second kappa shape index (κ2) is 7.90. The highest BCUT2D eigenvalue weighted by molar-refractivity contribution is 5.79. The maximum atomic E-state index is 4.28. The fourth-order valence-corrected chi connectivity index (χ4v) is 2.62. The summed E-state index contributed by atoms with van der Waals surface area (Å²) in [6.45, 7) is 4.32. The second-order valence-electron chi connectivity index (χ2n) is 5.53. The van der Waals surface area contributed by atoms with E-state index < -0.39 is 0 Å². The molecule has 0 saturated carbocycles. The van der Waals surface area contributed by atoms with Gasteiger partial charge in [-0.1, -0.05) is 30.3 Å². The standard InChI is InChI=1S/C16H26N4/c1-17-16(19-12-15-9-11-20(2)13-15)18-10-8-14-6-4-3-5-7-14/h3-7,15H,8-13H2,1-2H3,(H2,17,18,19). The quantitative estimate of drug-likeness (QED) is 0.629. The molecule has 110 valence electrons. The SMILES string of the molecule is CN=C(NCCc1ccccc1)NCC1CCN(C)C1. The minimum absolute atomic E-state index is 0.743. The predicted molar refractivity (Wildman–Crippen MR) is 85.1 cm³/mol. The number of hydrogen-bond acceptors (Lipinski definition) is 2. The van der Waals surface area contributed by atoms with Crippen LogP contribution < -0.4 is 10.6 Å². The van der Waals surface area contributed by atoms with Crippen LogP contribution in [0.25, 0.3) is 0 Å². The van der Waals surface area contributed by atoms with Gasteiger partial charge in [-0.25, -0.2) is 0 Å². The molecule has 1 unspecified atom stereocenters. The van der Waals surface area contributed by atoms with Gasteiger partial charge in [0.05, 0.1) is 0 Å². The van der Waals surface area contributed by atoms with Gasteiger partial charge in [0.2, 0.25) is 0 Å². The molecule has 1 aromatic rings. The van der Waals surface area contributed by atoms with Crippen molar-refractivity contribution in [2.45, 2.75) is 12.8 Å². The van der Waals surface area contributed by atoms with Crippen LogP contribution in [-0.2, 0) is 6.42 Å². The molecule has 0 bridgehead atoms. The van der Waals surface area contributed by atoms with Crippen LogP contribution in [0.1, 0.15) is 12.0 Å². The lowest BCUT2D eigenvalue weighted by molar-refractivity contribution is 0.394. The number of nitrogens with one attached hydrogen (secondary N) is 2. The van der Waals surface area contributed by atoms with E-state index >= 15 is 0 Å². The van der Waals surface area contributed by atoms with E-state index in [9.17, 15) is 0 Å². The van der Waals surface area contributed by atoms with Crippen molar-refractivity contribution in [2.24, 2.45) is 10.9 Å². The van der Waals surface area contributed by atoms with Gasteiger partial charge in [0.1, 0.15) is 0 Å². The van der Waals surface area contributed by atoms with Gasteiger partial charge in [0.15, 0.2) is 5.96 Å². The number of benzene rings is 1. The summed E-state index contributed by atoms with van der Waals surface area (Å²) < 4.78 is 0. The molecule has 0 spiro atoms. The molecule has 2 N–H and O–H groups in total. The topological polar surface area (TPSA) is 39.7 Å². The lowest BCUT2D eigenvalue weighted by atomic mass is 10.1. The molecule has 4 nitrogen and oxygen atoms in total. The molecule has 1 atom stereocenters. The molecule has 1 aliphatic rings. The number of nitrogens with zero attached hydrogens (tertiary/aromatic N) is 2.